The number of hydrogen-bond acceptors (Lipinski definition) is 4. The van der Waals surface area contributed by atoms with Crippen molar-refractivity contribution in [3.05, 3.63) is 24.3 Å². The van der Waals surface area contributed by atoms with Crippen LogP contribution in [0.5, 0.6) is 5.75 Å². The number of halogens is 3. The fourth-order valence-corrected chi connectivity index (χ4v) is 2.03. The van der Waals surface area contributed by atoms with Gasteiger partial charge in [0.1, 0.15) is 5.75 Å². The highest BCUT2D eigenvalue weighted by atomic mass is 35.6. The van der Waals surface area contributed by atoms with Crippen LogP contribution in [0.4, 0.5) is 10.5 Å². The molecule has 0 radical (unpaired) electrons. The van der Waals surface area contributed by atoms with E-state index in [0.29, 0.717) is 11.4 Å². The van der Waals surface area contributed by atoms with Crippen LogP contribution < -0.4 is 20.7 Å². The first-order valence-electron chi connectivity index (χ1n) is 6.47. The van der Waals surface area contributed by atoms with Gasteiger partial charge in [-0.15, -0.1) is 0 Å². The number of benzene rings is 1. The summed E-state index contributed by atoms with van der Waals surface area (Å²) in [4.78, 5) is 11.5. The number of nitrogens with one attached hydrogen (secondary N) is 3. The minimum absolute atomic E-state index is 0.156. The molecule has 10 heteroatoms. The minimum Gasteiger partial charge on any atom is -0.497 e. The van der Waals surface area contributed by atoms with Gasteiger partial charge in [-0.05, 0) is 43.4 Å². The lowest BCUT2D eigenvalue weighted by molar-refractivity contribution is 0.147. The van der Waals surface area contributed by atoms with E-state index in [-0.39, 0.29) is 11.7 Å². The second kappa shape index (κ2) is 9.22. The fraction of sp³-hybridized carbons (Fsp3) is 0.385. The van der Waals surface area contributed by atoms with Crippen LogP contribution in [0.3, 0.4) is 0 Å². The van der Waals surface area contributed by atoms with Crippen LogP contribution in [-0.4, -0.2) is 34.9 Å². The lowest BCUT2D eigenvalue weighted by Gasteiger charge is -2.27. The van der Waals surface area contributed by atoms with Gasteiger partial charge in [0, 0.05) is 5.69 Å². The zero-order valence-electron chi connectivity index (χ0n) is 12.4. The molecule has 1 atom stereocenters. The smallest absolute Gasteiger partial charge is 0.408 e. The Hall–Kier alpha value is -1.15. The summed E-state index contributed by atoms with van der Waals surface area (Å²) in [7, 11) is 1.57. The molecule has 0 saturated heterocycles. The number of alkyl halides is 3. The van der Waals surface area contributed by atoms with E-state index in [1.54, 1.807) is 38.3 Å². The quantitative estimate of drug-likeness (QED) is 0.400. The number of ether oxygens (including phenoxy) is 2. The monoisotopic (exact) mass is 399 g/mol. The molecular formula is C13H16Cl3N3O3S. The summed E-state index contributed by atoms with van der Waals surface area (Å²) >= 11 is 22.6. The highest BCUT2D eigenvalue weighted by molar-refractivity contribution is 7.80. The van der Waals surface area contributed by atoms with Crippen molar-refractivity contribution < 1.29 is 14.3 Å². The van der Waals surface area contributed by atoms with Gasteiger partial charge in [0.15, 0.2) is 11.3 Å². The van der Waals surface area contributed by atoms with E-state index in [2.05, 4.69) is 16.0 Å². The van der Waals surface area contributed by atoms with Crippen LogP contribution in [0.2, 0.25) is 0 Å². The van der Waals surface area contributed by atoms with E-state index < -0.39 is 16.1 Å². The van der Waals surface area contributed by atoms with E-state index >= 15 is 0 Å². The maximum atomic E-state index is 11.5. The molecule has 0 fully saturated rings. The molecule has 128 valence electrons. The van der Waals surface area contributed by atoms with Crippen molar-refractivity contribution in [1.82, 2.24) is 10.6 Å². The van der Waals surface area contributed by atoms with Gasteiger partial charge in [-0.25, -0.2) is 4.79 Å². The summed E-state index contributed by atoms with van der Waals surface area (Å²) in [6.07, 6.45) is -1.81. The SMILES string of the molecule is CCOC(=O)N[C@@H](NC(=S)Nc1ccc(OC)cc1)C(Cl)(Cl)Cl. The summed E-state index contributed by atoms with van der Waals surface area (Å²) in [6.45, 7) is 1.85. The number of methoxy groups -OCH3 is 1. The zero-order chi connectivity index (χ0) is 17.5. The molecule has 23 heavy (non-hydrogen) atoms. The first-order valence-corrected chi connectivity index (χ1v) is 8.02. The van der Waals surface area contributed by atoms with E-state index in [9.17, 15) is 4.79 Å². The molecule has 0 aliphatic carbocycles. The molecule has 0 aliphatic rings. The Bertz CT molecular complexity index is 538. The third kappa shape index (κ3) is 7.30. The second-order valence-corrected chi connectivity index (χ2v) is 6.94. The third-order valence-corrected chi connectivity index (χ3v) is 3.36. The van der Waals surface area contributed by atoms with Crippen molar-refractivity contribution in [2.45, 2.75) is 16.9 Å². The summed E-state index contributed by atoms with van der Waals surface area (Å²) < 4.78 is 7.97. The topological polar surface area (TPSA) is 71.6 Å². The van der Waals surface area contributed by atoms with Crippen molar-refractivity contribution in [3.63, 3.8) is 0 Å². The highest BCUT2D eigenvalue weighted by Gasteiger charge is 2.35. The van der Waals surface area contributed by atoms with Crippen LogP contribution in [0.25, 0.3) is 0 Å². The Morgan fingerprint density at radius 3 is 2.35 bits per heavy atom. The molecular weight excluding hydrogens is 385 g/mol. The lowest BCUT2D eigenvalue weighted by atomic mass is 10.3. The first kappa shape index (κ1) is 19.9. The van der Waals surface area contributed by atoms with Crippen molar-refractivity contribution in [2.75, 3.05) is 19.0 Å². The van der Waals surface area contributed by atoms with Crippen molar-refractivity contribution >= 4 is 63.9 Å². The maximum Gasteiger partial charge on any atom is 0.408 e. The normalized spacial score (nSPS) is 12.0. The van der Waals surface area contributed by atoms with E-state index in [4.69, 9.17) is 56.5 Å². The Kier molecular flexibility index (Phi) is 7.98. The maximum absolute atomic E-state index is 11.5. The van der Waals surface area contributed by atoms with Gasteiger partial charge >= 0.3 is 6.09 Å². The van der Waals surface area contributed by atoms with Crippen LogP contribution >= 0.6 is 47.0 Å². The number of amides is 1. The number of anilines is 1. The summed E-state index contributed by atoms with van der Waals surface area (Å²) in [5.41, 5.74) is 0.697. The molecule has 0 aliphatic heterocycles. The molecule has 0 aromatic heterocycles. The van der Waals surface area contributed by atoms with Crippen molar-refractivity contribution in [1.29, 1.82) is 0 Å². The zero-order valence-corrected chi connectivity index (χ0v) is 15.4. The van der Waals surface area contributed by atoms with Gasteiger partial charge in [0.2, 0.25) is 3.79 Å². The van der Waals surface area contributed by atoms with E-state index in [1.807, 2.05) is 0 Å². The summed E-state index contributed by atoms with van der Waals surface area (Å²) in [5, 5.41) is 8.14. The molecule has 3 N–H and O–H groups in total. The molecule has 0 saturated carbocycles. The molecule has 1 aromatic carbocycles. The molecule has 6 nitrogen and oxygen atoms in total. The Labute approximate surface area is 154 Å². The minimum atomic E-state index is -1.83. The van der Waals surface area contributed by atoms with Gasteiger partial charge in [-0.1, -0.05) is 34.8 Å². The average Bonchev–Trinajstić information content (AvgIpc) is 2.46. The lowest BCUT2D eigenvalue weighted by Crippen LogP contribution is -2.56. The fourth-order valence-electron chi connectivity index (χ4n) is 1.46. The Morgan fingerprint density at radius 1 is 1.26 bits per heavy atom. The highest BCUT2D eigenvalue weighted by Crippen LogP contribution is 2.29. The Morgan fingerprint density at radius 2 is 1.87 bits per heavy atom. The predicted molar refractivity (Wildman–Crippen MR) is 96.6 cm³/mol. The number of hydrogen-bond donors (Lipinski definition) is 3. The Balaban J connectivity index is 2.66. The standard InChI is InChI=1S/C13H16Cl3N3O3S/c1-3-22-12(20)19-10(13(14,15)16)18-11(23)17-8-4-6-9(21-2)7-5-8/h4-7,10H,3H2,1-2H3,(H,19,20)(H2,17,18,23)/t10-/m1/s1. The first-order chi connectivity index (χ1) is 10.8. The van der Waals surface area contributed by atoms with Gasteiger partial charge in [-0.3, -0.25) is 5.32 Å². The number of carbonyl (C=O) groups excluding carboxylic acids is 1. The molecule has 1 rings (SSSR count). The molecule has 1 aromatic rings. The predicted octanol–water partition coefficient (Wildman–Crippen LogP) is 3.42. The third-order valence-electron chi connectivity index (χ3n) is 2.49. The summed E-state index contributed by atoms with van der Waals surface area (Å²) in [5.74, 6) is 0.706. The van der Waals surface area contributed by atoms with Crippen LogP contribution in [-0.2, 0) is 4.74 Å². The second-order valence-electron chi connectivity index (χ2n) is 4.17. The average molecular weight is 401 g/mol. The van der Waals surface area contributed by atoms with Gasteiger partial charge in [0.05, 0.1) is 13.7 Å². The number of alkyl carbamates (subject to hydrolysis) is 1. The molecule has 1 amide bonds. The van der Waals surface area contributed by atoms with Gasteiger partial charge in [0.25, 0.3) is 0 Å². The van der Waals surface area contributed by atoms with Gasteiger partial charge < -0.3 is 20.1 Å². The number of carbonyl (C=O) groups is 1. The van der Waals surface area contributed by atoms with Gasteiger partial charge in [-0.2, -0.15) is 0 Å². The number of thiocarbonyl (C=S) groups is 1. The molecule has 0 spiro atoms. The van der Waals surface area contributed by atoms with Crippen molar-refractivity contribution in [3.8, 4) is 5.75 Å². The van der Waals surface area contributed by atoms with Crippen molar-refractivity contribution in [2.24, 2.45) is 0 Å². The molecule has 0 unspecified atom stereocenters. The van der Waals surface area contributed by atoms with E-state index in [1.165, 1.54) is 0 Å². The van der Waals surface area contributed by atoms with Crippen LogP contribution in [0.1, 0.15) is 6.92 Å². The molecule has 0 heterocycles. The van der Waals surface area contributed by atoms with Crippen LogP contribution in [0, 0.1) is 0 Å². The van der Waals surface area contributed by atoms with Crippen LogP contribution in [0.15, 0.2) is 24.3 Å². The van der Waals surface area contributed by atoms with E-state index in [0.717, 1.165) is 0 Å². The molecule has 0 bridgehead atoms. The number of rotatable bonds is 5. The summed E-state index contributed by atoms with van der Waals surface area (Å²) in [6, 6.07) is 7.04. The largest absolute Gasteiger partial charge is 0.497 e.